The molecule has 2 heterocycles. The molecule has 1 N–H and O–H groups in total. The van der Waals surface area contributed by atoms with Crippen molar-refractivity contribution in [1.29, 1.82) is 0 Å². The molecule has 0 spiro atoms. The number of guanidine groups is 1. The van der Waals surface area contributed by atoms with Gasteiger partial charge in [0.25, 0.3) is 0 Å². The molecule has 0 bridgehead atoms. The van der Waals surface area contributed by atoms with Crippen molar-refractivity contribution in [2.24, 2.45) is 10.4 Å². The summed E-state index contributed by atoms with van der Waals surface area (Å²) >= 11 is 0. The van der Waals surface area contributed by atoms with Gasteiger partial charge in [0.15, 0.2) is 5.96 Å². The lowest BCUT2D eigenvalue weighted by Gasteiger charge is -2.23. The number of hydrogen-bond donors (Lipinski definition) is 1. The largest absolute Gasteiger partial charge is 0.356 e. The van der Waals surface area contributed by atoms with Crippen LogP contribution in [-0.2, 0) is 6.54 Å². The normalized spacial score (nSPS) is 17.0. The van der Waals surface area contributed by atoms with Gasteiger partial charge in [0.2, 0.25) is 0 Å². The van der Waals surface area contributed by atoms with E-state index in [0.29, 0.717) is 5.41 Å². The third-order valence-electron chi connectivity index (χ3n) is 4.88. The fourth-order valence-electron chi connectivity index (χ4n) is 3.54. The van der Waals surface area contributed by atoms with Crippen LogP contribution in [0, 0.1) is 12.3 Å². The molecule has 2 aromatic rings. The molecule has 3 rings (SSSR count). The number of benzene rings is 1. The van der Waals surface area contributed by atoms with E-state index in [1.807, 2.05) is 13.1 Å². The van der Waals surface area contributed by atoms with Gasteiger partial charge in [-0.3, -0.25) is 4.99 Å². The first kappa shape index (κ1) is 20.0. The maximum absolute atomic E-state index is 4.63. The van der Waals surface area contributed by atoms with Crippen molar-refractivity contribution in [3.8, 4) is 0 Å². The minimum Gasteiger partial charge on any atom is -0.356 e. The van der Waals surface area contributed by atoms with E-state index in [4.69, 9.17) is 0 Å². The van der Waals surface area contributed by atoms with Gasteiger partial charge in [-0.05, 0) is 37.3 Å². The van der Waals surface area contributed by atoms with Gasteiger partial charge >= 0.3 is 0 Å². The van der Waals surface area contributed by atoms with Crippen LogP contribution in [0.25, 0.3) is 11.0 Å². The number of para-hydroxylation sites is 2. The molecule has 1 saturated heterocycles. The Balaban J connectivity index is 0.00000225. The Bertz CT molecular complexity index is 734. The van der Waals surface area contributed by atoms with Crippen molar-refractivity contribution in [2.45, 2.75) is 40.2 Å². The van der Waals surface area contributed by atoms with E-state index >= 15 is 0 Å². The zero-order chi connectivity index (χ0) is 17.2. The number of aliphatic imine (C=N–C) groups is 1. The summed E-state index contributed by atoms with van der Waals surface area (Å²) in [5.74, 6) is 2.12. The molecule has 6 heteroatoms. The summed E-state index contributed by atoms with van der Waals surface area (Å²) in [6.45, 7) is 10.8. The van der Waals surface area contributed by atoms with Gasteiger partial charge in [0, 0.05) is 33.2 Å². The molecule has 0 atom stereocenters. The maximum Gasteiger partial charge on any atom is 0.193 e. The van der Waals surface area contributed by atoms with Crippen LogP contribution in [0.5, 0.6) is 0 Å². The summed E-state index contributed by atoms with van der Waals surface area (Å²) in [5, 5.41) is 3.52. The third-order valence-corrected chi connectivity index (χ3v) is 4.88. The first-order valence-corrected chi connectivity index (χ1v) is 8.88. The van der Waals surface area contributed by atoms with Crippen LogP contribution in [0.3, 0.4) is 0 Å². The number of imidazole rings is 1. The smallest absolute Gasteiger partial charge is 0.193 e. The number of nitrogens with one attached hydrogen (secondary N) is 1. The first-order valence-electron chi connectivity index (χ1n) is 8.88. The number of aromatic nitrogens is 2. The molecule has 0 aliphatic carbocycles. The Morgan fingerprint density at radius 3 is 2.76 bits per heavy atom. The summed E-state index contributed by atoms with van der Waals surface area (Å²) in [5.41, 5.74) is 2.70. The highest BCUT2D eigenvalue weighted by Gasteiger charge is 2.30. The molecule has 138 valence electrons. The Labute approximate surface area is 167 Å². The summed E-state index contributed by atoms with van der Waals surface area (Å²) in [6.07, 6.45) is 2.28. The SMILES string of the molecule is CN=C(NCCCn1c(C)nc2ccccc21)N1CCC(C)(C)C1.I. The molecule has 0 amide bonds. The van der Waals surface area contributed by atoms with Crippen LogP contribution in [0.15, 0.2) is 29.3 Å². The topological polar surface area (TPSA) is 45.5 Å². The highest BCUT2D eigenvalue weighted by atomic mass is 127. The zero-order valence-corrected chi connectivity index (χ0v) is 18.1. The lowest BCUT2D eigenvalue weighted by molar-refractivity contribution is 0.370. The van der Waals surface area contributed by atoms with E-state index in [1.165, 1.54) is 11.9 Å². The van der Waals surface area contributed by atoms with Crippen LogP contribution in [0.4, 0.5) is 0 Å². The molecule has 1 fully saturated rings. The van der Waals surface area contributed by atoms with Crippen LogP contribution in [0.1, 0.15) is 32.5 Å². The van der Waals surface area contributed by atoms with E-state index in [1.54, 1.807) is 0 Å². The Kier molecular flexibility index (Phi) is 6.71. The van der Waals surface area contributed by atoms with Crippen LogP contribution in [0.2, 0.25) is 0 Å². The molecule has 25 heavy (non-hydrogen) atoms. The van der Waals surface area contributed by atoms with Gasteiger partial charge in [-0.15, -0.1) is 24.0 Å². The molecule has 0 radical (unpaired) electrons. The molecule has 0 saturated carbocycles. The van der Waals surface area contributed by atoms with Crippen molar-refractivity contribution in [3.05, 3.63) is 30.1 Å². The molecule has 1 aliphatic heterocycles. The van der Waals surface area contributed by atoms with E-state index in [0.717, 1.165) is 49.9 Å². The van der Waals surface area contributed by atoms with Crippen LogP contribution >= 0.6 is 24.0 Å². The Morgan fingerprint density at radius 1 is 1.32 bits per heavy atom. The average Bonchev–Trinajstić information content (AvgIpc) is 3.07. The highest BCUT2D eigenvalue weighted by molar-refractivity contribution is 14.0. The van der Waals surface area contributed by atoms with E-state index < -0.39 is 0 Å². The number of nitrogens with zero attached hydrogens (tertiary/aromatic N) is 4. The molecule has 1 aromatic heterocycles. The maximum atomic E-state index is 4.63. The van der Waals surface area contributed by atoms with Crippen molar-refractivity contribution in [3.63, 3.8) is 0 Å². The highest BCUT2D eigenvalue weighted by Crippen LogP contribution is 2.28. The molecular formula is C19H30IN5. The van der Waals surface area contributed by atoms with Crippen LogP contribution in [-0.4, -0.2) is 47.1 Å². The van der Waals surface area contributed by atoms with Crippen molar-refractivity contribution >= 4 is 41.0 Å². The number of likely N-dealkylation sites (tertiary alicyclic amines) is 1. The van der Waals surface area contributed by atoms with Crippen molar-refractivity contribution in [2.75, 3.05) is 26.7 Å². The predicted molar refractivity (Wildman–Crippen MR) is 116 cm³/mol. The van der Waals surface area contributed by atoms with Gasteiger partial charge in [0.05, 0.1) is 11.0 Å². The van der Waals surface area contributed by atoms with E-state index in [9.17, 15) is 0 Å². The fourth-order valence-corrected chi connectivity index (χ4v) is 3.54. The zero-order valence-electron chi connectivity index (χ0n) is 15.7. The number of rotatable bonds is 4. The Hall–Kier alpha value is -1.31. The summed E-state index contributed by atoms with van der Waals surface area (Å²) in [7, 11) is 1.88. The van der Waals surface area contributed by atoms with Crippen molar-refractivity contribution < 1.29 is 0 Å². The average molecular weight is 455 g/mol. The van der Waals surface area contributed by atoms with Gasteiger partial charge in [-0.25, -0.2) is 4.98 Å². The van der Waals surface area contributed by atoms with Crippen molar-refractivity contribution in [1.82, 2.24) is 19.8 Å². The Morgan fingerprint density at radius 2 is 2.08 bits per heavy atom. The molecular weight excluding hydrogens is 425 g/mol. The molecule has 1 aromatic carbocycles. The molecule has 0 unspecified atom stereocenters. The molecule has 5 nitrogen and oxygen atoms in total. The van der Waals surface area contributed by atoms with Gasteiger partial charge < -0.3 is 14.8 Å². The van der Waals surface area contributed by atoms with E-state index in [2.05, 4.69) is 63.7 Å². The quantitative estimate of drug-likeness (QED) is 0.331. The van der Waals surface area contributed by atoms with Crippen LogP contribution < -0.4 is 5.32 Å². The number of aryl methyl sites for hydroxylation is 2. The minimum absolute atomic E-state index is 0. The van der Waals surface area contributed by atoms with Gasteiger partial charge in [-0.2, -0.15) is 0 Å². The second-order valence-electron chi connectivity index (χ2n) is 7.46. The van der Waals surface area contributed by atoms with Gasteiger partial charge in [-0.1, -0.05) is 26.0 Å². The van der Waals surface area contributed by atoms with E-state index in [-0.39, 0.29) is 24.0 Å². The monoisotopic (exact) mass is 455 g/mol. The minimum atomic E-state index is 0. The first-order chi connectivity index (χ1) is 11.5. The second-order valence-corrected chi connectivity index (χ2v) is 7.46. The lowest BCUT2D eigenvalue weighted by atomic mass is 9.93. The number of fused-ring (bicyclic) bond motifs is 1. The summed E-state index contributed by atoms with van der Waals surface area (Å²) < 4.78 is 2.30. The lowest BCUT2D eigenvalue weighted by Crippen LogP contribution is -2.41. The number of halogens is 1. The second kappa shape index (κ2) is 8.38. The number of hydrogen-bond acceptors (Lipinski definition) is 2. The summed E-state index contributed by atoms with van der Waals surface area (Å²) in [6, 6.07) is 8.35. The van der Waals surface area contributed by atoms with Gasteiger partial charge in [0.1, 0.15) is 5.82 Å². The summed E-state index contributed by atoms with van der Waals surface area (Å²) in [4.78, 5) is 11.5. The standard InChI is InChI=1S/C19H29N5.HI/c1-15-22-16-8-5-6-9-17(16)24(15)12-7-11-21-18(20-4)23-13-10-19(2,3)14-23;/h5-6,8-9H,7,10-14H2,1-4H3,(H,20,21);1H. The third kappa shape index (κ3) is 4.65. The molecule has 1 aliphatic rings. The fraction of sp³-hybridized carbons (Fsp3) is 0.579. The predicted octanol–water partition coefficient (Wildman–Crippen LogP) is 3.66.